The number of imide groups is 1. The Morgan fingerprint density at radius 3 is 2.54 bits per heavy atom. The molecule has 0 saturated carbocycles. The lowest BCUT2D eigenvalue weighted by atomic mass is 10.2. The van der Waals surface area contributed by atoms with E-state index >= 15 is 0 Å². The van der Waals surface area contributed by atoms with Crippen LogP contribution >= 0.6 is 39.3 Å². The van der Waals surface area contributed by atoms with Gasteiger partial charge in [-0.05, 0) is 76.6 Å². The summed E-state index contributed by atoms with van der Waals surface area (Å²) in [7, 11) is 2.72. The molecule has 196 valence electrons. The molecule has 0 bridgehead atoms. The summed E-state index contributed by atoms with van der Waals surface area (Å²) >= 11 is 10.2. The molecule has 2 aromatic rings. The van der Waals surface area contributed by atoms with Gasteiger partial charge in [-0.2, -0.15) is 0 Å². The Hall–Kier alpha value is -3.22. The quantitative estimate of drug-likeness (QED) is 0.299. The standard InChI is InChI=1S/C24H22BrClN2O8S/c1-4-35-18-8-13(7-15(25)22(18)36-12-21(30)34-3)9-19-23(31)28(24(32)37-19)11-20(29)27-14-5-6-17(33-2)16(26)10-14/h5-10H,4,11-12H2,1-3H3,(H,27,29)/b19-9-. The number of ether oxygens (including phenoxy) is 4. The third-order valence-electron chi connectivity index (χ3n) is 4.80. The monoisotopic (exact) mass is 612 g/mol. The van der Waals surface area contributed by atoms with Gasteiger partial charge in [0, 0.05) is 5.69 Å². The predicted molar refractivity (Wildman–Crippen MR) is 142 cm³/mol. The second kappa shape index (κ2) is 12.8. The van der Waals surface area contributed by atoms with E-state index in [1.54, 1.807) is 31.2 Å². The maximum Gasteiger partial charge on any atom is 0.343 e. The van der Waals surface area contributed by atoms with E-state index < -0.39 is 29.6 Å². The number of hydrogen-bond donors (Lipinski definition) is 1. The molecule has 0 unspecified atom stereocenters. The van der Waals surface area contributed by atoms with Gasteiger partial charge in [-0.3, -0.25) is 19.3 Å². The van der Waals surface area contributed by atoms with E-state index in [4.69, 9.17) is 25.8 Å². The van der Waals surface area contributed by atoms with Gasteiger partial charge in [0.25, 0.3) is 11.1 Å². The van der Waals surface area contributed by atoms with Crippen LogP contribution < -0.4 is 19.5 Å². The Morgan fingerprint density at radius 1 is 1.14 bits per heavy atom. The average Bonchev–Trinajstić information content (AvgIpc) is 3.10. The molecular weight excluding hydrogens is 592 g/mol. The molecule has 1 fully saturated rings. The number of anilines is 1. The largest absolute Gasteiger partial charge is 0.495 e. The third kappa shape index (κ3) is 7.18. The van der Waals surface area contributed by atoms with Crippen LogP contribution in [0.5, 0.6) is 17.2 Å². The van der Waals surface area contributed by atoms with Crippen molar-refractivity contribution in [3.05, 3.63) is 50.3 Å². The number of amides is 3. The molecule has 0 spiro atoms. The van der Waals surface area contributed by atoms with Gasteiger partial charge in [-0.15, -0.1) is 0 Å². The van der Waals surface area contributed by atoms with Crippen LogP contribution in [0.15, 0.2) is 39.7 Å². The molecule has 2 aromatic carbocycles. The number of thioether (sulfide) groups is 1. The van der Waals surface area contributed by atoms with Crippen molar-refractivity contribution in [2.24, 2.45) is 0 Å². The first kappa shape index (κ1) is 28.4. The highest BCUT2D eigenvalue weighted by atomic mass is 79.9. The van der Waals surface area contributed by atoms with Gasteiger partial charge >= 0.3 is 5.97 Å². The minimum absolute atomic E-state index is 0.128. The first-order valence-corrected chi connectivity index (χ1v) is 12.7. The van der Waals surface area contributed by atoms with Crippen molar-refractivity contribution in [2.45, 2.75) is 6.92 Å². The number of methoxy groups -OCH3 is 2. The molecule has 3 rings (SSSR count). The summed E-state index contributed by atoms with van der Waals surface area (Å²) in [6.45, 7) is 1.30. The molecule has 37 heavy (non-hydrogen) atoms. The molecule has 13 heteroatoms. The first-order valence-electron chi connectivity index (χ1n) is 10.7. The van der Waals surface area contributed by atoms with Gasteiger partial charge < -0.3 is 24.3 Å². The van der Waals surface area contributed by atoms with Crippen LogP contribution in [0, 0.1) is 0 Å². The van der Waals surface area contributed by atoms with Crippen LogP contribution in [0.3, 0.4) is 0 Å². The van der Waals surface area contributed by atoms with E-state index in [1.807, 2.05) is 0 Å². The van der Waals surface area contributed by atoms with Crippen molar-refractivity contribution in [3.63, 3.8) is 0 Å². The number of rotatable bonds is 10. The van der Waals surface area contributed by atoms with Gasteiger partial charge in [0.2, 0.25) is 5.91 Å². The maximum atomic E-state index is 12.9. The van der Waals surface area contributed by atoms with Crippen LogP contribution in [-0.2, 0) is 19.1 Å². The Labute approximate surface area is 230 Å². The van der Waals surface area contributed by atoms with Crippen LogP contribution in [0.4, 0.5) is 10.5 Å². The van der Waals surface area contributed by atoms with Crippen LogP contribution in [0.25, 0.3) is 6.08 Å². The highest BCUT2D eigenvalue weighted by Gasteiger charge is 2.36. The number of nitrogens with zero attached hydrogens (tertiary/aromatic N) is 1. The molecule has 1 aliphatic rings. The normalized spacial score (nSPS) is 14.1. The second-order valence-corrected chi connectivity index (χ2v) is 9.55. The zero-order valence-electron chi connectivity index (χ0n) is 20.0. The molecule has 0 atom stereocenters. The maximum absolute atomic E-state index is 12.9. The van der Waals surface area contributed by atoms with Crippen molar-refractivity contribution in [1.29, 1.82) is 0 Å². The summed E-state index contributed by atoms with van der Waals surface area (Å²) in [4.78, 5) is 50.3. The third-order valence-corrected chi connectivity index (χ3v) is 6.59. The molecule has 1 N–H and O–H groups in total. The smallest absolute Gasteiger partial charge is 0.343 e. The van der Waals surface area contributed by atoms with Gasteiger partial charge in [-0.25, -0.2) is 4.79 Å². The molecule has 1 aliphatic heterocycles. The molecule has 3 amide bonds. The average molecular weight is 614 g/mol. The number of halogens is 2. The molecule has 10 nitrogen and oxygen atoms in total. The molecule has 0 aliphatic carbocycles. The summed E-state index contributed by atoms with van der Waals surface area (Å²) in [5.74, 6) is -0.697. The fraction of sp³-hybridized carbons (Fsp3) is 0.250. The lowest BCUT2D eigenvalue weighted by molar-refractivity contribution is -0.143. The molecule has 1 heterocycles. The zero-order valence-corrected chi connectivity index (χ0v) is 23.1. The number of carbonyl (C=O) groups excluding carboxylic acids is 4. The molecule has 1 saturated heterocycles. The summed E-state index contributed by atoms with van der Waals surface area (Å²) < 4.78 is 21.2. The number of hydrogen-bond acceptors (Lipinski definition) is 9. The lowest BCUT2D eigenvalue weighted by Crippen LogP contribution is -2.36. The Kier molecular flexibility index (Phi) is 9.84. The summed E-state index contributed by atoms with van der Waals surface area (Å²) in [5, 5.41) is 2.32. The van der Waals surface area contributed by atoms with Crippen molar-refractivity contribution < 1.29 is 38.1 Å². The Balaban J connectivity index is 1.75. The van der Waals surface area contributed by atoms with E-state index in [0.717, 1.165) is 4.90 Å². The summed E-state index contributed by atoms with van der Waals surface area (Å²) in [6, 6.07) is 7.92. The molecule has 0 aromatic heterocycles. The second-order valence-electron chi connectivity index (χ2n) is 7.29. The van der Waals surface area contributed by atoms with E-state index in [2.05, 4.69) is 26.0 Å². The topological polar surface area (TPSA) is 120 Å². The van der Waals surface area contributed by atoms with Gasteiger partial charge in [0.05, 0.1) is 35.2 Å². The number of nitrogens with one attached hydrogen (secondary N) is 1. The van der Waals surface area contributed by atoms with Crippen molar-refractivity contribution >= 4 is 74.1 Å². The van der Waals surface area contributed by atoms with E-state index in [0.29, 0.717) is 50.6 Å². The van der Waals surface area contributed by atoms with Gasteiger partial charge in [0.15, 0.2) is 18.1 Å². The van der Waals surface area contributed by atoms with Gasteiger partial charge in [0.1, 0.15) is 12.3 Å². The number of carbonyl (C=O) groups is 4. The minimum Gasteiger partial charge on any atom is -0.495 e. The first-order chi connectivity index (χ1) is 17.7. The molecule has 0 radical (unpaired) electrons. The number of benzene rings is 2. The summed E-state index contributed by atoms with van der Waals surface area (Å²) in [5.41, 5.74) is 0.921. The Bertz CT molecular complexity index is 1270. The predicted octanol–water partition coefficient (Wildman–Crippen LogP) is 4.74. The van der Waals surface area contributed by atoms with Crippen molar-refractivity contribution in [3.8, 4) is 17.2 Å². The zero-order chi connectivity index (χ0) is 27.1. The van der Waals surface area contributed by atoms with Gasteiger partial charge in [-0.1, -0.05) is 11.6 Å². The van der Waals surface area contributed by atoms with E-state index in [1.165, 1.54) is 26.4 Å². The van der Waals surface area contributed by atoms with Crippen molar-refractivity contribution in [1.82, 2.24) is 4.90 Å². The highest BCUT2D eigenvalue weighted by Crippen LogP contribution is 2.39. The van der Waals surface area contributed by atoms with Crippen LogP contribution in [0.2, 0.25) is 5.02 Å². The highest BCUT2D eigenvalue weighted by molar-refractivity contribution is 9.10. The Morgan fingerprint density at radius 2 is 1.89 bits per heavy atom. The minimum atomic E-state index is -0.613. The summed E-state index contributed by atoms with van der Waals surface area (Å²) in [6.07, 6.45) is 1.50. The lowest BCUT2D eigenvalue weighted by Gasteiger charge is -2.14. The SMILES string of the molecule is CCOc1cc(/C=C2\SC(=O)N(CC(=O)Nc3ccc(OC)c(Cl)c3)C2=O)cc(Br)c1OCC(=O)OC. The fourth-order valence-corrected chi connectivity index (χ4v) is 4.81. The number of esters is 1. The van der Waals surface area contributed by atoms with Crippen molar-refractivity contribution in [2.75, 3.05) is 39.3 Å². The van der Waals surface area contributed by atoms with E-state index in [-0.39, 0.29) is 17.3 Å². The van der Waals surface area contributed by atoms with Crippen LogP contribution in [0.1, 0.15) is 12.5 Å². The molecular formula is C24H22BrClN2O8S. The fourth-order valence-electron chi connectivity index (χ4n) is 3.14. The van der Waals surface area contributed by atoms with E-state index in [9.17, 15) is 19.2 Å². The van der Waals surface area contributed by atoms with Crippen LogP contribution in [-0.4, -0.2) is 61.9 Å².